The zero-order valence-corrected chi connectivity index (χ0v) is 18.9. The third-order valence-electron chi connectivity index (χ3n) is 5.42. The van der Waals surface area contributed by atoms with Gasteiger partial charge in [0.25, 0.3) is 0 Å². The Labute approximate surface area is 190 Å². The zero-order chi connectivity index (χ0) is 22.8. The Hall–Kier alpha value is -2.86. The number of aliphatic hydroxyl groups excluding tert-OH is 1. The standard InChI is InChI=1S/C27H33NO4/c1-28(2)18-20-31-25-13-9-23(10-14-25)27(30,17-6-19-29)24-11-15-26(16-12-24)32-21-22-7-4-3-5-8-22/h3-5,7-16,29-30H,6,17-21H2,1-2H3. The average molecular weight is 436 g/mol. The first-order valence-corrected chi connectivity index (χ1v) is 11.0. The molecule has 0 saturated carbocycles. The summed E-state index contributed by atoms with van der Waals surface area (Å²) in [6, 6.07) is 25.1. The van der Waals surface area contributed by atoms with E-state index in [1.54, 1.807) is 0 Å². The second-order valence-electron chi connectivity index (χ2n) is 8.16. The molecule has 0 heterocycles. The van der Waals surface area contributed by atoms with Gasteiger partial charge >= 0.3 is 0 Å². The zero-order valence-electron chi connectivity index (χ0n) is 18.9. The lowest BCUT2D eigenvalue weighted by atomic mass is 9.82. The van der Waals surface area contributed by atoms with Crippen LogP contribution in [0.25, 0.3) is 0 Å². The Kier molecular flexibility index (Phi) is 8.68. The van der Waals surface area contributed by atoms with Gasteiger partial charge in [-0.25, -0.2) is 0 Å². The van der Waals surface area contributed by atoms with Gasteiger partial charge in [0, 0.05) is 13.2 Å². The van der Waals surface area contributed by atoms with Gasteiger partial charge in [-0.3, -0.25) is 0 Å². The second-order valence-corrected chi connectivity index (χ2v) is 8.16. The number of hydrogen-bond donors (Lipinski definition) is 2. The first kappa shape index (κ1) is 23.8. The van der Waals surface area contributed by atoms with E-state index in [0.29, 0.717) is 26.1 Å². The summed E-state index contributed by atoms with van der Waals surface area (Å²) in [6.07, 6.45) is 0.901. The quantitative estimate of drug-likeness (QED) is 0.446. The summed E-state index contributed by atoms with van der Waals surface area (Å²) in [6.45, 7) is 1.95. The lowest BCUT2D eigenvalue weighted by Gasteiger charge is -2.29. The molecule has 5 heteroatoms. The molecule has 0 radical (unpaired) electrons. The lowest BCUT2D eigenvalue weighted by molar-refractivity contribution is 0.0624. The number of likely N-dealkylation sites (N-methyl/N-ethyl adjacent to an activating group) is 1. The number of ether oxygens (including phenoxy) is 2. The number of rotatable bonds is 12. The van der Waals surface area contributed by atoms with E-state index in [4.69, 9.17) is 9.47 Å². The predicted molar refractivity (Wildman–Crippen MR) is 127 cm³/mol. The summed E-state index contributed by atoms with van der Waals surface area (Å²) >= 11 is 0. The Morgan fingerprint density at radius 1 is 0.781 bits per heavy atom. The maximum Gasteiger partial charge on any atom is 0.119 e. The third-order valence-corrected chi connectivity index (χ3v) is 5.42. The van der Waals surface area contributed by atoms with Gasteiger partial charge in [-0.15, -0.1) is 0 Å². The normalized spacial score (nSPS) is 13.0. The van der Waals surface area contributed by atoms with Gasteiger partial charge in [0.15, 0.2) is 0 Å². The van der Waals surface area contributed by atoms with E-state index in [0.717, 1.165) is 34.7 Å². The molecule has 5 nitrogen and oxygen atoms in total. The summed E-state index contributed by atoms with van der Waals surface area (Å²) < 4.78 is 11.6. The molecule has 1 unspecified atom stereocenters. The molecule has 3 rings (SSSR count). The molecule has 1 atom stereocenters. The molecule has 0 spiro atoms. The Balaban J connectivity index is 1.72. The fourth-order valence-electron chi connectivity index (χ4n) is 3.53. The predicted octanol–water partition coefficient (Wildman–Crippen LogP) is 4.21. The van der Waals surface area contributed by atoms with Crippen molar-refractivity contribution in [3.63, 3.8) is 0 Å². The molecule has 170 valence electrons. The van der Waals surface area contributed by atoms with Crippen LogP contribution in [0.3, 0.4) is 0 Å². The van der Waals surface area contributed by atoms with Crippen molar-refractivity contribution in [3.8, 4) is 11.5 Å². The fourth-order valence-corrected chi connectivity index (χ4v) is 3.53. The number of benzene rings is 3. The third kappa shape index (κ3) is 6.57. The first-order chi connectivity index (χ1) is 15.5. The van der Waals surface area contributed by atoms with Crippen molar-refractivity contribution in [1.82, 2.24) is 4.90 Å². The monoisotopic (exact) mass is 435 g/mol. The van der Waals surface area contributed by atoms with Crippen LogP contribution in [-0.2, 0) is 12.2 Å². The highest BCUT2D eigenvalue weighted by Gasteiger charge is 2.31. The Morgan fingerprint density at radius 2 is 1.34 bits per heavy atom. The molecular formula is C27H33NO4. The molecule has 0 aliphatic rings. The molecule has 2 N–H and O–H groups in total. The molecule has 0 aliphatic heterocycles. The van der Waals surface area contributed by atoms with Crippen LogP contribution in [0.5, 0.6) is 11.5 Å². The van der Waals surface area contributed by atoms with Crippen LogP contribution in [0, 0.1) is 0 Å². The molecule has 0 amide bonds. The summed E-state index contributed by atoms with van der Waals surface area (Å²) in [5.41, 5.74) is 1.43. The largest absolute Gasteiger partial charge is 0.492 e. The summed E-state index contributed by atoms with van der Waals surface area (Å²) in [5.74, 6) is 1.51. The van der Waals surface area contributed by atoms with Crippen LogP contribution in [0.2, 0.25) is 0 Å². The molecule has 0 bridgehead atoms. The Morgan fingerprint density at radius 3 is 1.88 bits per heavy atom. The van der Waals surface area contributed by atoms with E-state index in [9.17, 15) is 10.2 Å². The molecule has 0 fully saturated rings. The molecule has 0 aromatic heterocycles. The van der Waals surface area contributed by atoms with E-state index in [2.05, 4.69) is 4.90 Å². The summed E-state index contributed by atoms with van der Waals surface area (Å²) in [5, 5.41) is 21.0. The number of hydrogen-bond acceptors (Lipinski definition) is 5. The van der Waals surface area contributed by atoms with Gasteiger partial charge in [0.2, 0.25) is 0 Å². The molecule has 3 aromatic rings. The van der Waals surface area contributed by atoms with Crippen molar-refractivity contribution < 1.29 is 19.7 Å². The smallest absolute Gasteiger partial charge is 0.119 e. The molecule has 3 aromatic carbocycles. The second kappa shape index (κ2) is 11.7. The van der Waals surface area contributed by atoms with Gasteiger partial charge < -0.3 is 24.6 Å². The Bertz CT molecular complexity index is 926. The minimum atomic E-state index is -1.21. The molecular weight excluding hydrogens is 402 g/mol. The topological polar surface area (TPSA) is 62.2 Å². The average Bonchev–Trinajstić information content (AvgIpc) is 2.82. The van der Waals surface area contributed by atoms with Crippen LogP contribution >= 0.6 is 0 Å². The number of aliphatic hydroxyl groups is 2. The van der Waals surface area contributed by atoms with Gasteiger partial charge in [0.1, 0.15) is 30.3 Å². The fraction of sp³-hybridized carbons (Fsp3) is 0.333. The van der Waals surface area contributed by atoms with Crippen molar-refractivity contribution in [2.24, 2.45) is 0 Å². The molecule has 32 heavy (non-hydrogen) atoms. The summed E-state index contributed by atoms with van der Waals surface area (Å²) in [7, 11) is 4.01. The van der Waals surface area contributed by atoms with E-state index >= 15 is 0 Å². The maximum absolute atomic E-state index is 11.6. The van der Waals surface area contributed by atoms with Crippen molar-refractivity contribution in [3.05, 3.63) is 95.6 Å². The van der Waals surface area contributed by atoms with Crippen LogP contribution in [0.4, 0.5) is 0 Å². The SMILES string of the molecule is CN(C)CCOc1ccc(C(O)(CCCO)c2ccc(OCc3ccccc3)cc2)cc1. The molecule has 0 saturated heterocycles. The lowest BCUT2D eigenvalue weighted by Crippen LogP contribution is -2.27. The summed E-state index contributed by atoms with van der Waals surface area (Å²) in [4.78, 5) is 2.06. The van der Waals surface area contributed by atoms with E-state index in [1.165, 1.54) is 0 Å². The molecule has 0 aliphatic carbocycles. The van der Waals surface area contributed by atoms with Gasteiger partial charge in [0.05, 0.1) is 0 Å². The van der Waals surface area contributed by atoms with Gasteiger partial charge in [-0.2, -0.15) is 0 Å². The van der Waals surface area contributed by atoms with Gasteiger partial charge in [-0.05, 0) is 67.9 Å². The van der Waals surface area contributed by atoms with Crippen LogP contribution in [0.15, 0.2) is 78.9 Å². The highest BCUT2D eigenvalue weighted by Crippen LogP contribution is 2.36. The van der Waals surface area contributed by atoms with Crippen LogP contribution < -0.4 is 9.47 Å². The van der Waals surface area contributed by atoms with Gasteiger partial charge in [-0.1, -0.05) is 54.6 Å². The minimum Gasteiger partial charge on any atom is -0.492 e. The minimum absolute atomic E-state index is 0.0201. The first-order valence-electron chi connectivity index (χ1n) is 11.0. The highest BCUT2D eigenvalue weighted by molar-refractivity contribution is 5.41. The van der Waals surface area contributed by atoms with E-state index < -0.39 is 5.60 Å². The van der Waals surface area contributed by atoms with Crippen LogP contribution in [-0.4, -0.2) is 49.0 Å². The maximum atomic E-state index is 11.6. The van der Waals surface area contributed by atoms with Crippen molar-refractivity contribution >= 4 is 0 Å². The highest BCUT2D eigenvalue weighted by atomic mass is 16.5. The van der Waals surface area contributed by atoms with E-state index in [-0.39, 0.29) is 6.61 Å². The number of nitrogens with zero attached hydrogens (tertiary/aromatic N) is 1. The van der Waals surface area contributed by atoms with Crippen molar-refractivity contribution in [1.29, 1.82) is 0 Å². The van der Waals surface area contributed by atoms with Crippen molar-refractivity contribution in [2.75, 3.05) is 33.9 Å². The van der Waals surface area contributed by atoms with Crippen LogP contribution in [0.1, 0.15) is 29.5 Å². The van der Waals surface area contributed by atoms with Crippen molar-refractivity contribution in [2.45, 2.75) is 25.0 Å². The van der Waals surface area contributed by atoms with E-state index in [1.807, 2.05) is 93.0 Å².